The number of nitrogens with zero attached hydrogens (tertiary/aromatic N) is 1. The zero-order chi connectivity index (χ0) is 11.3. The highest BCUT2D eigenvalue weighted by molar-refractivity contribution is 5.23. The molecule has 1 atom stereocenters. The van der Waals surface area contributed by atoms with Crippen molar-refractivity contribution in [2.75, 3.05) is 20.1 Å². The van der Waals surface area contributed by atoms with Crippen LogP contribution in [0.1, 0.15) is 25.8 Å². The van der Waals surface area contributed by atoms with E-state index in [4.69, 9.17) is 5.73 Å². The van der Waals surface area contributed by atoms with Gasteiger partial charge in [-0.25, -0.2) is 0 Å². The first-order chi connectivity index (χ1) is 7.06. The van der Waals surface area contributed by atoms with E-state index in [1.807, 2.05) is 18.2 Å². The Bertz CT molecular complexity index is 280. The summed E-state index contributed by atoms with van der Waals surface area (Å²) in [4.78, 5) is 2.28. The van der Waals surface area contributed by atoms with Gasteiger partial charge in [0.2, 0.25) is 0 Å². The number of rotatable bonds is 5. The normalized spacial score (nSPS) is 15.3. The average molecular weight is 206 g/mol. The first-order valence-electron chi connectivity index (χ1n) is 5.59. The van der Waals surface area contributed by atoms with E-state index < -0.39 is 0 Å². The van der Waals surface area contributed by atoms with Crippen LogP contribution < -0.4 is 5.73 Å². The van der Waals surface area contributed by atoms with Gasteiger partial charge in [0.25, 0.3) is 0 Å². The van der Waals surface area contributed by atoms with Gasteiger partial charge in [0.15, 0.2) is 0 Å². The summed E-state index contributed by atoms with van der Waals surface area (Å²) in [6.45, 7) is 6.27. The van der Waals surface area contributed by atoms with Crippen molar-refractivity contribution in [3.63, 3.8) is 0 Å². The van der Waals surface area contributed by atoms with Gasteiger partial charge in [-0.1, -0.05) is 37.3 Å². The maximum atomic E-state index is 6.33. The molecule has 0 spiro atoms. The highest BCUT2D eigenvalue weighted by Gasteiger charge is 2.22. The summed E-state index contributed by atoms with van der Waals surface area (Å²) in [5.41, 5.74) is 7.27. The Morgan fingerprint density at radius 1 is 1.27 bits per heavy atom. The van der Waals surface area contributed by atoms with Gasteiger partial charge >= 0.3 is 0 Å². The molecule has 0 aromatic heterocycles. The summed E-state index contributed by atoms with van der Waals surface area (Å²) in [6, 6.07) is 10.3. The van der Waals surface area contributed by atoms with Crippen molar-refractivity contribution in [2.24, 2.45) is 5.73 Å². The van der Waals surface area contributed by atoms with E-state index in [0.717, 1.165) is 13.1 Å². The molecule has 0 saturated heterocycles. The number of hydrogen-bond acceptors (Lipinski definition) is 2. The highest BCUT2D eigenvalue weighted by atomic mass is 15.1. The van der Waals surface area contributed by atoms with Crippen molar-refractivity contribution < 1.29 is 0 Å². The second kappa shape index (κ2) is 5.29. The molecule has 1 unspecified atom stereocenters. The number of likely N-dealkylation sites (N-methyl/N-ethyl adjacent to an activating group) is 1. The van der Waals surface area contributed by atoms with Gasteiger partial charge in [-0.05, 0) is 32.5 Å². The van der Waals surface area contributed by atoms with Crippen LogP contribution in [0, 0.1) is 0 Å². The van der Waals surface area contributed by atoms with Gasteiger partial charge in [0.05, 0.1) is 5.54 Å². The second-order valence-corrected chi connectivity index (χ2v) is 4.52. The Morgan fingerprint density at radius 3 is 2.40 bits per heavy atom. The first-order valence-corrected chi connectivity index (χ1v) is 5.59. The fourth-order valence-electron chi connectivity index (χ4n) is 1.93. The SMILES string of the molecule is CCCN(C)CC(C)(N)c1ccccc1. The molecule has 0 bridgehead atoms. The fourth-order valence-corrected chi connectivity index (χ4v) is 1.93. The molecular formula is C13H22N2. The molecule has 0 aliphatic rings. The molecule has 15 heavy (non-hydrogen) atoms. The average Bonchev–Trinajstić information content (AvgIpc) is 2.18. The van der Waals surface area contributed by atoms with E-state index in [1.54, 1.807) is 0 Å². The minimum atomic E-state index is -0.259. The Kier molecular flexibility index (Phi) is 4.30. The third-order valence-electron chi connectivity index (χ3n) is 2.64. The van der Waals surface area contributed by atoms with E-state index in [-0.39, 0.29) is 5.54 Å². The molecule has 0 heterocycles. The number of benzene rings is 1. The van der Waals surface area contributed by atoms with E-state index in [0.29, 0.717) is 0 Å². The summed E-state index contributed by atoms with van der Waals surface area (Å²) in [6.07, 6.45) is 1.17. The first kappa shape index (κ1) is 12.2. The Morgan fingerprint density at radius 2 is 1.87 bits per heavy atom. The second-order valence-electron chi connectivity index (χ2n) is 4.52. The quantitative estimate of drug-likeness (QED) is 0.800. The van der Waals surface area contributed by atoms with Crippen LogP contribution in [0.4, 0.5) is 0 Å². The summed E-state index contributed by atoms with van der Waals surface area (Å²) in [5, 5.41) is 0. The fraction of sp³-hybridized carbons (Fsp3) is 0.538. The van der Waals surface area contributed by atoms with Crippen LogP contribution in [0.15, 0.2) is 30.3 Å². The summed E-state index contributed by atoms with van der Waals surface area (Å²) in [5.74, 6) is 0. The van der Waals surface area contributed by atoms with E-state index in [1.165, 1.54) is 12.0 Å². The molecule has 0 radical (unpaired) electrons. The van der Waals surface area contributed by atoms with Crippen LogP contribution in [-0.2, 0) is 5.54 Å². The van der Waals surface area contributed by atoms with Crippen LogP contribution >= 0.6 is 0 Å². The maximum absolute atomic E-state index is 6.33. The summed E-state index contributed by atoms with van der Waals surface area (Å²) < 4.78 is 0. The molecule has 2 heteroatoms. The van der Waals surface area contributed by atoms with Crippen LogP contribution in [0.25, 0.3) is 0 Å². The van der Waals surface area contributed by atoms with Crippen LogP contribution in [0.2, 0.25) is 0 Å². The lowest BCUT2D eigenvalue weighted by Crippen LogP contribution is -2.44. The van der Waals surface area contributed by atoms with Crippen molar-refractivity contribution in [1.29, 1.82) is 0 Å². The predicted octanol–water partition coefficient (Wildman–Crippen LogP) is 2.20. The molecule has 1 aromatic rings. The summed E-state index contributed by atoms with van der Waals surface area (Å²) in [7, 11) is 2.12. The molecule has 1 aromatic carbocycles. The van der Waals surface area contributed by atoms with Crippen molar-refractivity contribution >= 4 is 0 Å². The Hall–Kier alpha value is -0.860. The zero-order valence-electron chi connectivity index (χ0n) is 10.0. The molecule has 0 amide bonds. The molecule has 2 nitrogen and oxygen atoms in total. The van der Waals surface area contributed by atoms with Gasteiger partial charge in [-0.2, -0.15) is 0 Å². The van der Waals surface area contributed by atoms with E-state index >= 15 is 0 Å². The molecule has 0 fully saturated rings. The summed E-state index contributed by atoms with van der Waals surface area (Å²) >= 11 is 0. The van der Waals surface area contributed by atoms with E-state index in [2.05, 4.69) is 37.9 Å². The van der Waals surface area contributed by atoms with Gasteiger partial charge in [0.1, 0.15) is 0 Å². The number of hydrogen-bond donors (Lipinski definition) is 1. The van der Waals surface area contributed by atoms with Crippen molar-refractivity contribution in [3.8, 4) is 0 Å². The van der Waals surface area contributed by atoms with Crippen molar-refractivity contribution in [2.45, 2.75) is 25.8 Å². The third-order valence-corrected chi connectivity index (χ3v) is 2.64. The minimum Gasteiger partial charge on any atom is -0.321 e. The Balaban J connectivity index is 2.67. The molecular weight excluding hydrogens is 184 g/mol. The monoisotopic (exact) mass is 206 g/mol. The lowest BCUT2D eigenvalue weighted by atomic mass is 9.93. The molecule has 0 aliphatic heterocycles. The van der Waals surface area contributed by atoms with Crippen LogP contribution in [0.5, 0.6) is 0 Å². The van der Waals surface area contributed by atoms with Gasteiger partial charge in [0, 0.05) is 6.54 Å². The van der Waals surface area contributed by atoms with Gasteiger partial charge in [-0.15, -0.1) is 0 Å². The lowest BCUT2D eigenvalue weighted by Gasteiger charge is -2.30. The maximum Gasteiger partial charge on any atom is 0.0509 e. The standard InChI is InChI=1S/C13H22N2/c1-4-10-15(3)11-13(2,14)12-8-6-5-7-9-12/h5-9H,4,10-11,14H2,1-3H3. The van der Waals surface area contributed by atoms with Crippen LogP contribution in [0.3, 0.4) is 0 Å². The molecule has 2 N–H and O–H groups in total. The van der Waals surface area contributed by atoms with Gasteiger partial charge < -0.3 is 10.6 Å². The smallest absolute Gasteiger partial charge is 0.0509 e. The van der Waals surface area contributed by atoms with Crippen LogP contribution in [-0.4, -0.2) is 25.0 Å². The lowest BCUT2D eigenvalue weighted by molar-refractivity contribution is 0.260. The highest BCUT2D eigenvalue weighted by Crippen LogP contribution is 2.18. The minimum absolute atomic E-state index is 0.259. The largest absolute Gasteiger partial charge is 0.321 e. The topological polar surface area (TPSA) is 29.3 Å². The molecule has 0 saturated carbocycles. The molecule has 84 valence electrons. The molecule has 0 aliphatic carbocycles. The van der Waals surface area contributed by atoms with E-state index in [9.17, 15) is 0 Å². The zero-order valence-corrected chi connectivity index (χ0v) is 10.0. The third kappa shape index (κ3) is 3.65. The van der Waals surface area contributed by atoms with Crippen molar-refractivity contribution in [1.82, 2.24) is 4.90 Å². The molecule has 1 rings (SSSR count). The predicted molar refractivity (Wildman–Crippen MR) is 65.8 cm³/mol. The van der Waals surface area contributed by atoms with Gasteiger partial charge in [-0.3, -0.25) is 0 Å². The Labute approximate surface area is 93.1 Å². The number of nitrogens with two attached hydrogens (primary N) is 1. The van der Waals surface area contributed by atoms with Crippen molar-refractivity contribution in [3.05, 3.63) is 35.9 Å².